The van der Waals surface area contributed by atoms with Gasteiger partial charge in [0.15, 0.2) is 11.4 Å². The third-order valence-electron chi connectivity index (χ3n) is 2.75. The van der Waals surface area contributed by atoms with Gasteiger partial charge in [-0.2, -0.15) is 5.10 Å². The third kappa shape index (κ3) is 5.31. The van der Waals surface area contributed by atoms with Gasteiger partial charge in [0.1, 0.15) is 5.71 Å². The topological polar surface area (TPSA) is 82.0 Å². The standard InChI is InChI=1S/C14H17N3O3S/c1-15-14(21)17(2)16-12(9-18)11-6-3-10(4-7-11)5-8-13(19)20/h3-4,6-7,9H,5,8H2,1-2H3,(H,15,21)(H,19,20). The highest BCUT2D eigenvalue weighted by molar-refractivity contribution is 7.80. The number of hydrazone groups is 1. The van der Waals surface area contributed by atoms with E-state index < -0.39 is 5.97 Å². The van der Waals surface area contributed by atoms with Gasteiger partial charge in [-0.3, -0.25) is 9.59 Å². The number of rotatable bonds is 6. The number of carboxylic acid groups (broad SMARTS) is 1. The molecule has 0 aliphatic rings. The smallest absolute Gasteiger partial charge is 0.303 e. The molecule has 0 unspecified atom stereocenters. The van der Waals surface area contributed by atoms with Gasteiger partial charge in [0.2, 0.25) is 0 Å². The van der Waals surface area contributed by atoms with Crippen molar-refractivity contribution in [3.8, 4) is 0 Å². The minimum atomic E-state index is -0.837. The minimum Gasteiger partial charge on any atom is -0.481 e. The lowest BCUT2D eigenvalue weighted by molar-refractivity contribution is -0.136. The van der Waals surface area contributed by atoms with Crippen LogP contribution in [-0.2, 0) is 16.0 Å². The predicted octanol–water partition coefficient (Wildman–Crippen LogP) is 1.04. The Balaban J connectivity index is 2.87. The van der Waals surface area contributed by atoms with E-state index in [9.17, 15) is 9.59 Å². The van der Waals surface area contributed by atoms with Crippen molar-refractivity contribution in [1.29, 1.82) is 0 Å². The molecule has 0 aromatic heterocycles. The summed E-state index contributed by atoms with van der Waals surface area (Å²) in [7, 11) is 3.32. The molecule has 0 aliphatic heterocycles. The monoisotopic (exact) mass is 307 g/mol. The Bertz CT molecular complexity index is 555. The summed E-state index contributed by atoms with van der Waals surface area (Å²) in [5.41, 5.74) is 1.79. The highest BCUT2D eigenvalue weighted by Gasteiger charge is 2.07. The van der Waals surface area contributed by atoms with Gasteiger partial charge in [-0.25, -0.2) is 5.01 Å². The normalized spacial score (nSPS) is 10.9. The van der Waals surface area contributed by atoms with Crippen molar-refractivity contribution in [3.05, 3.63) is 35.4 Å². The second-order valence-electron chi connectivity index (χ2n) is 4.27. The lowest BCUT2D eigenvalue weighted by atomic mass is 10.1. The molecule has 21 heavy (non-hydrogen) atoms. The predicted molar refractivity (Wildman–Crippen MR) is 84.4 cm³/mol. The van der Waals surface area contributed by atoms with Crippen molar-refractivity contribution < 1.29 is 14.7 Å². The van der Waals surface area contributed by atoms with Gasteiger partial charge in [0.05, 0.1) is 0 Å². The van der Waals surface area contributed by atoms with Crippen molar-refractivity contribution in [2.75, 3.05) is 14.1 Å². The molecule has 1 aromatic carbocycles. The molecule has 0 bridgehead atoms. The van der Waals surface area contributed by atoms with Crippen molar-refractivity contribution in [2.45, 2.75) is 12.8 Å². The molecule has 7 heteroatoms. The minimum absolute atomic E-state index is 0.0765. The molecule has 0 amide bonds. The van der Waals surface area contributed by atoms with Crippen LogP contribution in [0.25, 0.3) is 0 Å². The van der Waals surface area contributed by atoms with Crippen molar-refractivity contribution in [3.63, 3.8) is 0 Å². The number of nitrogens with zero attached hydrogens (tertiary/aromatic N) is 2. The fourth-order valence-electron chi connectivity index (χ4n) is 1.61. The van der Waals surface area contributed by atoms with E-state index in [2.05, 4.69) is 10.4 Å². The number of aldehydes is 1. The summed E-state index contributed by atoms with van der Waals surface area (Å²) in [6.45, 7) is 0. The zero-order valence-electron chi connectivity index (χ0n) is 11.9. The average Bonchev–Trinajstić information content (AvgIpc) is 2.50. The van der Waals surface area contributed by atoms with Crippen LogP contribution < -0.4 is 5.32 Å². The van der Waals surface area contributed by atoms with Crippen LogP contribution in [0.1, 0.15) is 17.5 Å². The van der Waals surface area contributed by atoms with Crippen LogP contribution in [0.3, 0.4) is 0 Å². The number of aliphatic carboxylic acids is 1. The van der Waals surface area contributed by atoms with Crippen molar-refractivity contribution in [2.24, 2.45) is 5.10 Å². The molecular formula is C14H17N3O3S. The van der Waals surface area contributed by atoms with Gasteiger partial charge in [-0.15, -0.1) is 0 Å². The number of nitrogens with one attached hydrogen (secondary N) is 1. The van der Waals surface area contributed by atoms with Gasteiger partial charge >= 0.3 is 5.97 Å². The number of thiocarbonyl (C=S) groups is 1. The number of benzene rings is 1. The van der Waals surface area contributed by atoms with Gasteiger partial charge in [-0.05, 0) is 24.2 Å². The highest BCUT2D eigenvalue weighted by atomic mass is 32.1. The Hall–Kier alpha value is -2.28. The van der Waals surface area contributed by atoms with Gasteiger partial charge in [0.25, 0.3) is 0 Å². The van der Waals surface area contributed by atoms with E-state index in [1.807, 2.05) is 0 Å². The maximum atomic E-state index is 11.2. The molecule has 0 atom stereocenters. The Morgan fingerprint density at radius 3 is 2.52 bits per heavy atom. The van der Waals surface area contributed by atoms with Crippen LogP contribution in [-0.4, -0.2) is 47.3 Å². The molecule has 0 saturated carbocycles. The van der Waals surface area contributed by atoms with E-state index in [0.29, 0.717) is 23.4 Å². The lowest BCUT2D eigenvalue weighted by Crippen LogP contribution is -2.31. The van der Waals surface area contributed by atoms with Crippen LogP contribution in [0, 0.1) is 0 Å². The van der Waals surface area contributed by atoms with E-state index in [1.54, 1.807) is 38.4 Å². The van der Waals surface area contributed by atoms with E-state index in [1.165, 1.54) is 5.01 Å². The lowest BCUT2D eigenvalue weighted by Gasteiger charge is -2.14. The molecule has 0 aliphatic carbocycles. The quantitative estimate of drug-likeness (QED) is 0.354. The van der Waals surface area contributed by atoms with Gasteiger partial charge in [-0.1, -0.05) is 24.3 Å². The second-order valence-corrected chi connectivity index (χ2v) is 4.66. The van der Waals surface area contributed by atoms with E-state index in [0.717, 1.165) is 5.56 Å². The zero-order chi connectivity index (χ0) is 15.8. The Kier molecular flexibility index (Phi) is 6.48. The fraction of sp³-hybridized carbons (Fsp3) is 0.286. The summed E-state index contributed by atoms with van der Waals surface area (Å²) in [6.07, 6.45) is 1.18. The van der Waals surface area contributed by atoms with Crippen LogP contribution in [0.5, 0.6) is 0 Å². The number of hydrogen-bond acceptors (Lipinski definition) is 4. The molecule has 0 saturated heterocycles. The van der Waals surface area contributed by atoms with Crippen molar-refractivity contribution >= 4 is 35.3 Å². The summed E-state index contributed by atoms with van der Waals surface area (Å²) in [5, 5.41) is 17.3. The van der Waals surface area contributed by atoms with E-state index in [4.69, 9.17) is 17.3 Å². The van der Waals surface area contributed by atoms with E-state index in [-0.39, 0.29) is 12.1 Å². The second kappa shape index (κ2) is 8.11. The molecule has 112 valence electrons. The first-order chi connectivity index (χ1) is 9.97. The Labute approximate surface area is 128 Å². The molecule has 0 fully saturated rings. The molecular weight excluding hydrogens is 290 g/mol. The Morgan fingerprint density at radius 2 is 2.05 bits per heavy atom. The number of carboxylic acids is 1. The first-order valence-electron chi connectivity index (χ1n) is 6.28. The van der Waals surface area contributed by atoms with Crippen LogP contribution in [0.15, 0.2) is 29.4 Å². The summed E-state index contributed by atoms with van der Waals surface area (Å²) in [6, 6.07) is 7.04. The zero-order valence-corrected chi connectivity index (χ0v) is 12.7. The van der Waals surface area contributed by atoms with Gasteiger partial charge in [0, 0.05) is 26.1 Å². The van der Waals surface area contributed by atoms with Gasteiger partial charge < -0.3 is 10.4 Å². The first-order valence-corrected chi connectivity index (χ1v) is 6.69. The molecule has 2 N–H and O–H groups in total. The van der Waals surface area contributed by atoms with Crippen LogP contribution in [0.2, 0.25) is 0 Å². The number of carbonyl (C=O) groups is 2. The molecule has 1 aromatic rings. The van der Waals surface area contributed by atoms with Crippen LogP contribution >= 0.6 is 12.2 Å². The first kappa shape index (κ1) is 16.8. The Morgan fingerprint density at radius 1 is 1.43 bits per heavy atom. The largest absolute Gasteiger partial charge is 0.481 e. The summed E-state index contributed by atoms with van der Waals surface area (Å²) >= 11 is 5.01. The maximum Gasteiger partial charge on any atom is 0.303 e. The maximum absolute atomic E-state index is 11.2. The molecule has 1 rings (SSSR count). The average molecular weight is 307 g/mol. The molecule has 0 spiro atoms. The summed E-state index contributed by atoms with van der Waals surface area (Å²) < 4.78 is 0. The summed E-state index contributed by atoms with van der Waals surface area (Å²) in [5.74, 6) is -0.837. The molecule has 0 heterocycles. The number of carbonyl (C=O) groups excluding carboxylic acids is 1. The van der Waals surface area contributed by atoms with Crippen molar-refractivity contribution in [1.82, 2.24) is 10.3 Å². The van der Waals surface area contributed by atoms with Crippen LogP contribution in [0.4, 0.5) is 0 Å². The summed E-state index contributed by atoms with van der Waals surface area (Å²) in [4.78, 5) is 21.7. The van der Waals surface area contributed by atoms with E-state index >= 15 is 0 Å². The molecule has 6 nitrogen and oxygen atoms in total. The molecule has 0 radical (unpaired) electrons. The third-order valence-corrected chi connectivity index (χ3v) is 3.22. The number of aryl methyl sites for hydroxylation is 1. The highest BCUT2D eigenvalue weighted by Crippen LogP contribution is 2.08. The fourth-order valence-corrected chi connectivity index (χ4v) is 1.65. The SMILES string of the molecule is CNC(=S)N(C)N=C(C=O)c1ccc(CCC(=O)O)cc1. The number of hydrogen-bond donors (Lipinski definition) is 2.